The van der Waals surface area contributed by atoms with Crippen molar-refractivity contribution in [2.24, 2.45) is 0 Å². The minimum Gasteiger partial charge on any atom is -0.372 e. The summed E-state index contributed by atoms with van der Waals surface area (Å²) >= 11 is 0. The summed E-state index contributed by atoms with van der Waals surface area (Å²) in [5.41, 5.74) is 2.74. The highest BCUT2D eigenvalue weighted by Crippen LogP contribution is 2.34. The maximum atomic E-state index is 6.13. The van der Waals surface area contributed by atoms with Gasteiger partial charge in [-0.05, 0) is 30.4 Å². The molecule has 0 N–H and O–H groups in total. The Labute approximate surface area is 132 Å². The van der Waals surface area contributed by atoms with Gasteiger partial charge in [0.05, 0.1) is 18.2 Å². The molecular formula is C20H23NO. The first-order valence-electron chi connectivity index (χ1n) is 8.39. The van der Waals surface area contributed by atoms with E-state index in [9.17, 15) is 0 Å². The van der Waals surface area contributed by atoms with Crippen LogP contribution in [0.4, 0.5) is 0 Å². The second kappa shape index (κ2) is 6.23. The molecule has 0 amide bonds. The molecule has 0 aromatic heterocycles. The highest BCUT2D eigenvalue weighted by atomic mass is 16.5. The molecule has 0 unspecified atom stereocenters. The minimum absolute atomic E-state index is 0.351. The fraction of sp³-hybridized carbons (Fsp3) is 0.400. The van der Waals surface area contributed by atoms with Crippen molar-refractivity contribution >= 4 is 0 Å². The Morgan fingerprint density at radius 3 is 1.77 bits per heavy atom. The average Bonchev–Trinajstić information content (AvgIpc) is 2.49. The van der Waals surface area contributed by atoms with E-state index in [0.29, 0.717) is 18.2 Å². The van der Waals surface area contributed by atoms with Crippen molar-refractivity contribution in [2.75, 3.05) is 13.1 Å². The van der Waals surface area contributed by atoms with E-state index in [4.69, 9.17) is 4.74 Å². The Kier molecular flexibility index (Phi) is 3.96. The van der Waals surface area contributed by atoms with Gasteiger partial charge in [0.25, 0.3) is 0 Å². The molecule has 2 aliphatic rings. The van der Waals surface area contributed by atoms with Gasteiger partial charge in [-0.25, -0.2) is 0 Å². The molecular weight excluding hydrogens is 270 g/mol. The lowest BCUT2D eigenvalue weighted by Gasteiger charge is -2.46. The van der Waals surface area contributed by atoms with E-state index in [1.165, 1.54) is 30.4 Å². The van der Waals surface area contributed by atoms with Crippen molar-refractivity contribution in [1.29, 1.82) is 0 Å². The smallest absolute Gasteiger partial charge is 0.0833 e. The summed E-state index contributed by atoms with van der Waals surface area (Å²) in [5, 5.41) is 0. The Bertz CT molecular complexity index is 548. The van der Waals surface area contributed by atoms with E-state index in [2.05, 4.69) is 65.6 Å². The van der Waals surface area contributed by atoms with Crippen molar-refractivity contribution in [1.82, 2.24) is 4.90 Å². The lowest BCUT2D eigenvalue weighted by molar-refractivity contribution is -0.122. The van der Waals surface area contributed by atoms with Crippen LogP contribution in [0.2, 0.25) is 0 Å². The van der Waals surface area contributed by atoms with Crippen LogP contribution < -0.4 is 0 Å². The Hall–Kier alpha value is -1.64. The lowest BCUT2D eigenvalue weighted by Crippen LogP contribution is -2.55. The Balaban J connectivity index is 1.49. The van der Waals surface area contributed by atoms with Crippen LogP contribution in [-0.4, -0.2) is 30.2 Å². The maximum Gasteiger partial charge on any atom is 0.0833 e. The van der Waals surface area contributed by atoms with Crippen LogP contribution in [0.3, 0.4) is 0 Å². The highest BCUT2D eigenvalue weighted by molar-refractivity contribution is 5.32. The molecule has 2 nitrogen and oxygen atoms in total. The lowest BCUT2D eigenvalue weighted by atomic mass is 9.92. The van der Waals surface area contributed by atoms with E-state index in [-0.39, 0.29) is 0 Å². The molecule has 4 rings (SSSR count). The normalized spacial score (nSPS) is 19.9. The van der Waals surface area contributed by atoms with Crippen molar-refractivity contribution < 1.29 is 4.74 Å². The van der Waals surface area contributed by atoms with Gasteiger partial charge in [0, 0.05) is 13.1 Å². The SMILES string of the molecule is c1ccc(C(c2ccccc2)N2CC(OC3CCC3)C2)cc1. The summed E-state index contributed by atoms with van der Waals surface area (Å²) in [5.74, 6) is 0. The molecule has 2 aromatic carbocycles. The van der Waals surface area contributed by atoms with Crippen LogP contribution in [0.5, 0.6) is 0 Å². The van der Waals surface area contributed by atoms with E-state index in [0.717, 1.165) is 13.1 Å². The zero-order valence-electron chi connectivity index (χ0n) is 12.9. The maximum absolute atomic E-state index is 6.13. The summed E-state index contributed by atoms with van der Waals surface area (Å²) < 4.78 is 6.13. The monoisotopic (exact) mass is 293 g/mol. The standard InChI is InChI=1S/C20H23NO/c1-3-8-16(9-4-1)20(17-10-5-2-6-11-17)21-14-19(15-21)22-18-12-7-13-18/h1-6,8-11,18-20H,7,12-15H2. The molecule has 114 valence electrons. The fourth-order valence-corrected chi connectivity index (χ4v) is 3.43. The van der Waals surface area contributed by atoms with E-state index < -0.39 is 0 Å². The van der Waals surface area contributed by atoms with Gasteiger partial charge in [0.2, 0.25) is 0 Å². The molecule has 0 atom stereocenters. The first-order valence-corrected chi connectivity index (χ1v) is 8.39. The zero-order valence-corrected chi connectivity index (χ0v) is 12.9. The number of ether oxygens (including phenoxy) is 1. The summed E-state index contributed by atoms with van der Waals surface area (Å²) in [6.07, 6.45) is 4.84. The second-order valence-electron chi connectivity index (χ2n) is 6.49. The van der Waals surface area contributed by atoms with Crippen LogP contribution in [0.25, 0.3) is 0 Å². The summed E-state index contributed by atoms with van der Waals surface area (Å²) in [6, 6.07) is 22.0. The van der Waals surface area contributed by atoms with Crippen molar-refractivity contribution in [3.05, 3.63) is 71.8 Å². The van der Waals surface area contributed by atoms with Crippen molar-refractivity contribution in [2.45, 2.75) is 37.5 Å². The average molecular weight is 293 g/mol. The molecule has 2 aromatic rings. The second-order valence-corrected chi connectivity index (χ2v) is 6.49. The van der Waals surface area contributed by atoms with Gasteiger partial charge in [-0.2, -0.15) is 0 Å². The molecule has 1 saturated carbocycles. The molecule has 2 fully saturated rings. The largest absolute Gasteiger partial charge is 0.372 e. The van der Waals surface area contributed by atoms with Crippen LogP contribution >= 0.6 is 0 Å². The molecule has 2 heteroatoms. The number of hydrogen-bond donors (Lipinski definition) is 0. The third-order valence-corrected chi connectivity index (χ3v) is 4.91. The number of likely N-dealkylation sites (tertiary alicyclic amines) is 1. The van der Waals surface area contributed by atoms with Gasteiger partial charge < -0.3 is 4.74 Å². The van der Waals surface area contributed by atoms with Crippen LogP contribution in [0.1, 0.15) is 36.4 Å². The summed E-state index contributed by atoms with van der Waals surface area (Å²) in [6.45, 7) is 2.09. The molecule has 1 aliphatic heterocycles. The van der Waals surface area contributed by atoms with E-state index >= 15 is 0 Å². The van der Waals surface area contributed by atoms with Crippen LogP contribution in [0, 0.1) is 0 Å². The van der Waals surface area contributed by atoms with Gasteiger partial charge in [0.15, 0.2) is 0 Å². The topological polar surface area (TPSA) is 12.5 Å². The van der Waals surface area contributed by atoms with Gasteiger partial charge in [-0.15, -0.1) is 0 Å². The highest BCUT2D eigenvalue weighted by Gasteiger charge is 2.36. The summed E-state index contributed by atoms with van der Waals surface area (Å²) in [7, 11) is 0. The molecule has 0 bridgehead atoms. The third kappa shape index (κ3) is 2.81. The van der Waals surface area contributed by atoms with Gasteiger partial charge in [-0.1, -0.05) is 60.7 Å². The number of hydrogen-bond acceptors (Lipinski definition) is 2. The molecule has 1 saturated heterocycles. The zero-order chi connectivity index (χ0) is 14.8. The van der Waals surface area contributed by atoms with E-state index in [1.54, 1.807) is 0 Å². The molecule has 0 radical (unpaired) electrons. The number of rotatable bonds is 5. The van der Waals surface area contributed by atoms with Crippen molar-refractivity contribution in [3.63, 3.8) is 0 Å². The van der Waals surface area contributed by atoms with E-state index in [1.807, 2.05) is 0 Å². The molecule has 22 heavy (non-hydrogen) atoms. The van der Waals surface area contributed by atoms with Gasteiger partial charge >= 0.3 is 0 Å². The van der Waals surface area contributed by atoms with Crippen molar-refractivity contribution in [3.8, 4) is 0 Å². The minimum atomic E-state index is 0.351. The molecule has 1 heterocycles. The van der Waals surface area contributed by atoms with Gasteiger partial charge in [-0.3, -0.25) is 4.90 Å². The first kappa shape index (κ1) is 14.0. The first-order chi connectivity index (χ1) is 10.9. The summed E-state index contributed by atoms with van der Waals surface area (Å²) in [4.78, 5) is 2.54. The predicted molar refractivity (Wildman–Crippen MR) is 88.8 cm³/mol. The van der Waals surface area contributed by atoms with Crippen LogP contribution in [-0.2, 0) is 4.74 Å². The number of benzene rings is 2. The third-order valence-electron chi connectivity index (χ3n) is 4.91. The van der Waals surface area contributed by atoms with Crippen LogP contribution in [0.15, 0.2) is 60.7 Å². The number of nitrogens with zero attached hydrogens (tertiary/aromatic N) is 1. The predicted octanol–water partition coefficient (Wildman–Crippen LogP) is 4.03. The molecule has 1 aliphatic carbocycles. The quantitative estimate of drug-likeness (QED) is 0.825. The Morgan fingerprint density at radius 1 is 0.773 bits per heavy atom. The molecule has 0 spiro atoms. The fourth-order valence-electron chi connectivity index (χ4n) is 3.43. The van der Waals surface area contributed by atoms with Gasteiger partial charge in [0.1, 0.15) is 0 Å². The Morgan fingerprint density at radius 2 is 1.32 bits per heavy atom.